The molecular formula is C11H21NO2. The number of hydrogen-bond acceptors (Lipinski definition) is 2. The van der Waals surface area contributed by atoms with Crippen LogP contribution >= 0.6 is 0 Å². The van der Waals surface area contributed by atoms with Crippen molar-refractivity contribution in [2.24, 2.45) is 0 Å². The zero-order valence-corrected chi connectivity index (χ0v) is 9.67. The van der Waals surface area contributed by atoms with Gasteiger partial charge in [-0.25, -0.2) is 4.79 Å². The number of ether oxygens (including phenoxy) is 1. The highest BCUT2D eigenvalue weighted by atomic mass is 16.6. The molecule has 0 saturated carbocycles. The molecule has 82 valence electrons. The summed E-state index contributed by atoms with van der Waals surface area (Å²) in [5.74, 6) is 0. The number of rotatable bonds is 5. The Hall–Kier alpha value is -0.990. The van der Waals surface area contributed by atoms with Crippen molar-refractivity contribution in [1.29, 1.82) is 0 Å². The van der Waals surface area contributed by atoms with Gasteiger partial charge in [0.15, 0.2) is 0 Å². The van der Waals surface area contributed by atoms with Crippen molar-refractivity contribution in [2.75, 3.05) is 19.7 Å². The molecule has 3 nitrogen and oxygen atoms in total. The topological polar surface area (TPSA) is 29.5 Å². The van der Waals surface area contributed by atoms with Crippen LogP contribution in [0.2, 0.25) is 0 Å². The lowest BCUT2D eigenvalue weighted by Gasteiger charge is -2.17. The summed E-state index contributed by atoms with van der Waals surface area (Å²) in [5, 5.41) is 0. The Labute approximate surface area is 86.7 Å². The average molecular weight is 199 g/mol. The second-order valence-electron chi connectivity index (χ2n) is 3.17. The summed E-state index contributed by atoms with van der Waals surface area (Å²) in [7, 11) is 0. The molecule has 0 radical (unpaired) electrons. The fourth-order valence-corrected chi connectivity index (χ4v) is 1.02. The van der Waals surface area contributed by atoms with Crippen LogP contribution in [0.15, 0.2) is 11.6 Å². The minimum Gasteiger partial charge on any atom is -0.449 e. The molecule has 0 N–H and O–H groups in total. The molecule has 1 amide bonds. The van der Waals surface area contributed by atoms with Crippen LogP contribution in [0.5, 0.6) is 0 Å². The maximum atomic E-state index is 11.4. The summed E-state index contributed by atoms with van der Waals surface area (Å²) >= 11 is 0. The van der Waals surface area contributed by atoms with Gasteiger partial charge in [-0.2, -0.15) is 0 Å². The lowest BCUT2D eigenvalue weighted by atomic mass is 10.2. The van der Waals surface area contributed by atoms with Gasteiger partial charge in [-0.05, 0) is 27.7 Å². The Morgan fingerprint density at radius 2 is 1.93 bits per heavy atom. The maximum absolute atomic E-state index is 11.4. The molecule has 0 saturated heterocycles. The first-order valence-corrected chi connectivity index (χ1v) is 5.19. The van der Waals surface area contributed by atoms with Crippen molar-refractivity contribution in [3.8, 4) is 0 Å². The van der Waals surface area contributed by atoms with Crippen molar-refractivity contribution < 1.29 is 9.53 Å². The predicted octanol–water partition coefficient (Wildman–Crippen LogP) is 2.82. The fraction of sp³-hybridized carbons (Fsp3) is 0.727. The van der Waals surface area contributed by atoms with Gasteiger partial charge in [0.1, 0.15) is 0 Å². The molecule has 0 bridgehead atoms. The molecule has 0 rings (SSSR count). The monoisotopic (exact) mass is 199 g/mol. The summed E-state index contributed by atoms with van der Waals surface area (Å²) in [6.45, 7) is 9.80. The Balaban J connectivity index is 3.73. The third kappa shape index (κ3) is 4.90. The average Bonchev–Trinajstić information content (AvgIpc) is 2.19. The highest BCUT2D eigenvalue weighted by Gasteiger charge is 2.09. The molecular weight excluding hydrogens is 178 g/mol. The molecule has 0 aromatic carbocycles. The van der Waals surface area contributed by atoms with Crippen LogP contribution < -0.4 is 0 Å². The standard InChI is InChI=1S/C11H21NO2/c1-5-10(4)8-9-14-11(13)12(6-2)7-3/h5H,6-9H2,1-4H3/b10-5+. The number of hydrogen-bond donors (Lipinski definition) is 0. The molecule has 0 heterocycles. The lowest BCUT2D eigenvalue weighted by Crippen LogP contribution is -2.31. The highest BCUT2D eigenvalue weighted by molar-refractivity contribution is 5.67. The SMILES string of the molecule is C/C=C(\C)CCOC(=O)N(CC)CC. The van der Waals surface area contributed by atoms with Crippen LogP contribution in [0.25, 0.3) is 0 Å². The van der Waals surface area contributed by atoms with E-state index in [9.17, 15) is 4.79 Å². The van der Waals surface area contributed by atoms with Crippen LogP contribution in [-0.4, -0.2) is 30.7 Å². The van der Waals surface area contributed by atoms with Gasteiger partial charge >= 0.3 is 6.09 Å². The van der Waals surface area contributed by atoms with Gasteiger partial charge in [0.25, 0.3) is 0 Å². The molecule has 14 heavy (non-hydrogen) atoms. The van der Waals surface area contributed by atoms with Crippen molar-refractivity contribution in [1.82, 2.24) is 4.90 Å². The van der Waals surface area contributed by atoms with Crippen molar-refractivity contribution in [3.05, 3.63) is 11.6 Å². The van der Waals surface area contributed by atoms with E-state index >= 15 is 0 Å². The smallest absolute Gasteiger partial charge is 0.409 e. The molecule has 0 spiro atoms. The van der Waals surface area contributed by atoms with E-state index in [0.717, 1.165) is 6.42 Å². The number of amides is 1. The quantitative estimate of drug-likeness (QED) is 0.637. The highest BCUT2D eigenvalue weighted by Crippen LogP contribution is 2.01. The number of carbonyl (C=O) groups is 1. The van der Waals surface area contributed by atoms with Crippen molar-refractivity contribution >= 4 is 6.09 Å². The van der Waals surface area contributed by atoms with E-state index in [-0.39, 0.29) is 6.09 Å². The van der Waals surface area contributed by atoms with Gasteiger partial charge < -0.3 is 9.64 Å². The molecule has 0 atom stereocenters. The van der Waals surface area contributed by atoms with Gasteiger partial charge in [0, 0.05) is 19.5 Å². The summed E-state index contributed by atoms with van der Waals surface area (Å²) in [6.07, 6.45) is 2.65. The minimum atomic E-state index is -0.209. The van der Waals surface area contributed by atoms with E-state index in [1.54, 1.807) is 4.90 Å². The van der Waals surface area contributed by atoms with E-state index < -0.39 is 0 Å². The third-order valence-corrected chi connectivity index (χ3v) is 2.24. The first-order chi connectivity index (χ1) is 6.65. The van der Waals surface area contributed by atoms with E-state index in [4.69, 9.17) is 4.74 Å². The van der Waals surface area contributed by atoms with Crippen LogP contribution in [0, 0.1) is 0 Å². The van der Waals surface area contributed by atoms with E-state index in [2.05, 4.69) is 0 Å². The van der Waals surface area contributed by atoms with Gasteiger partial charge in [-0.15, -0.1) is 0 Å². The summed E-state index contributed by atoms with van der Waals surface area (Å²) in [6, 6.07) is 0. The second-order valence-corrected chi connectivity index (χ2v) is 3.17. The predicted molar refractivity (Wildman–Crippen MR) is 58.3 cm³/mol. The minimum absolute atomic E-state index is 0.209. The van der Waals surface area contributed by atoms with Gasteiger partial charge in [0.2, 0.25) is 0 Å². The Kier molecular flexibility index (Phi) is 6.89. The van der Waals surface area contributed by atoms with Crippen LogP contribution in [0.3, 0.4) is 0 Å². The third-order valence-electron chi connectivity index (χ3n) is 2.24. The molecule has 3 heteroatoms. The van der Waals surface area contributed by atoms with E-state index in [0.29, 0.717) is 19.7 Å². The zero-order valence-electron chi connectivity index (χ0n) is 9.67. The van der Waals surface area contributed by atoms with Crippen LogP contribution in [0.1, 0.15) is 34.1 Å². The summed E-state index contributed by atoms with van der Waals surface area (Å²) in [4.78, 5) is 13.0. The van der Waals surface area contributed by atoms with Crippen molar-refractivity contribution in [3.63, 3.8) is 0 Å². The Morgan fingerprint density at radius 1 is 1.36 bits per heavy atom. The molecule has 0 aromatic rings. The normalized spacial score (nSPS) is 11.3. The van der Waals surface area contributed by atoms with Gasteiger partial charge in [0.05, 0.1) is 6.61 Å². The zero-order chi connectivity index (χ0) is 11.0. The molecule has 0 unspecified atom stereocenters. The first-order valence-electron chi connectivity index (χ1n) is 5.19. The Morgan fingerprint density at radius 3 is 2.36 bits per heavy atom. The lowest BCUT2D eigenvalue weighted by molar-refractivity contribution is 0.107. The largest absolute Gasteiger partial charge is 0.449 e. The molecule has 0 aliphatic carbocycles. The van der Waals surface area contributed by atoms with E-state index in [1.807, 2.05) is 33.8 Å². The van der Waals surface area contributed by atoms with Gasteiger partial charge in [-0.3, -0.25) is 0 Å². The molecule has 0 fully saturated rings. The van der Waals surface area contributed by atoms with Crippen LogP contribution in [0.4, 0.5) is 4.79 Å². The molecule has 0 aliphatic rings. The van der Waals surface area contributed by atoms with Gasteiger partial charge in [-0.1, -0.05) is 11.6 Å². The fourth-order valence-electron chi connectivity index (χ4n) is 1.02. The van der Waals surface area contributed by atoms with Crippen molar-refractivity contribution in [2.45, 2.75) is 34.1 Å². The van der Waals surface area contributed by atoms with E-state index in [1.165, 1.54) is 5.57 Å². The first kappa shape index (κ1) is 13.0. The summed E-state index contributed by atoms with van der Waals surface area (Å²) in [5.41, 5.74) is 1.25. The second kappa shape index (κ2) is 7.42. The Bertz CT molecular complexity index is 195. The number of allylic oxidation sites excluding steroid dienone is 1. The maximum Gasteiger partial charge on any atom is 0.409 e. The molecule has 0 aliphatic heterocycles. The molecule has 0 aromatic heterocycles. The summed E-state index contributed by atoms with van der Waals surface area (Å²) < 4.78 is 5.10. The number of nitrogens with zero attached hydrogens (tertiary/aromatic N) is 1. The number of carbonyl (C=O) groups excluding carboxylic acids is 1. The van der Waals surface area contributed by atoms with Crippen LogP contribution in [-0.2, 0) is 4.74 Å².